The van der Waals surface area contributed by atoms with E-state index in [1.807, 2.05) is 6.92 Å². The zero-order valence-corrected chi connectivity index (χ0v) is 26.3. The highest BCUT2D eigenvalue weighted by molar-refractivity contribution is 7.92. The smallest absolute Gasteiger partial charge is 0.354 e. The molecule has 0 aliphatic carbocycles. The monoisotopic (exact) mass is 677 g/mol. The Morgan fingerprint density at radius 3 is 2.14 bits per heavy atom. The van der Waals surface area contributed by atoms with E-state index >= 15 is 0 Å². The average molecular weight is 679 g/mol. The highest BCUT2D eigenvalue weighted by atomic mass is 35.5. The number of rotatable bonds is 12. The number of hydrogen-bond acceptors (Lipinski definition) is 4. The number of hydrogen-bond donors (Lipinski definition) is 1. The Morgan fingerprint density at radius 1 is 0.907 bits per heavy atom. The molecule has 0 radical (unpaired) electrons. The first-order chi connectivity index (χ1) is 20.2. The third kappa shape index (κ3) is 8.56. The molecule has 1 atom stereocenters. The Hall–Kier alpha value is -2.99. The summed E-state index contributed by atoms with van der Waals surface area (Å²) in [4.78, 5) is 28.1. The lowest BCUT2D eigenvalue weighted by Gasteiger charge is -2.33. The van der Waals surface area contributed by atoms with E-state index in [4.69, 9.17) is 34.8 Å². The molecule has 7 nitrogen and oxygen atoms in total. The maximum absolute atomic E-state index is 14.0. The molecule has 43 heavy (non-hydrogen) atoms. The number of benzene rings is 3. The molecule has 0 bridgehead atoms. The standard InChI is InChI=1S/C29H29Cl3F3N3O4S/c1-3-14-36-28(40)26(4-2)37(17-19-10-12-24(31)25(32)15-19)27(39)18-38(43(41,42)21-8-6-5-7-9-21)20-11-13-23(30)22(16-20)29(33,34)35/h5-13,15-16,26H,3-4,14,17-18H2,1-2H3,(H,36,40)/t26-/m0/s1. The van der Waals surface area contributed by atoms with Crippen LogP contribution in [0.25, 0.3) is 0 Å². The summed E-state index contributed by atoms with van der Waals surface area (Å²) in [5.41, 5.74) is -1.22. The molecule has 0 unspecified atom stereocenters. The summed E-state index contributed by atoms with van der Waals surface area (Å²) >= 11 is 18.0. The van der Waals surface area contributed by atoms with Crippen LogP contribution >= 0.6 is 34.8 Å². The molecule has 3 rings (SSSR count). The van der Waals surface area contributed by atoms with Crippen molar-refractivity contribution in [1.29, 1.82) is 0 Å². The van der Waals surface area contributed by atoms with E-state index in [2.05, 4.69) is 5.32 Å². The molecule has 0 spiro atoms. The van der Waals surface area contributed by atoms with Gasteiger partial charge >= 0.3 is 6.18 Å². The molecular weight excluding hydrogens is 650 g/mol. The van der Waals surface area contributed by atoms with Gasteiger partial charge in [0.25, 0.3) is 10.0 Å². The zero-order chi connectivity index (χ0) is 31.9. The third-order valence-electron chi connectivity index (χ3n) is 6.43. The van der Waals surface area contributed by atoms with E-state index < -0.39 is 56.9 Å². The molecule has 0 aliphatic heterocycles. The summed E-state index contributed by atoms with van der Waals surface area (Å²) in [5.74, 6) is -1.31. The van der Waals surface area contributed by atoms with Gasteiger partial charge in [0.15, 0.2) is 0 Å². The van der Waals surface area contributed by atoms with Gasteiger partial charge in [-0.05, 0) is 60.9 Å². The van der Waals surface area contributed by atoms with Crippen LogP contribution in [-0.2, 0) is 32.3 Å². The topological polar surface area (TPSA) is 86.8 Å². The SMILES string of the molecule is CCCNC(=O)[C@H](CC)N(Cc1ccc(Cl)c(Cl)c1)C(=O)CN(c1ccc(Cl)c(C(F)(F)F)c1)S(=O)(=O)c1ccccc1. The van der Waals surface area contributed by atoms with E-state index in [1.165, 1.54) is 41.3 Å². The molecule has 232 valence electrons. The minimum atomic E-state index is -4.90. The van der Waals surface area contributed by atoms with Crippen LogP contribution in [0.15, 0.2) is 71.6 Å². The summed E-state index contributed by atoms with van der Waals surface area (Å²) in [5, 5.41) is 2.57. The number of sulfonamides is 1. The van der Waals surface area contributed by atoms with Crippen molar-refractivity contribution < 1.29 is 31.2 Å². The van der Waals surface area contributed by atoms with Gasteiger partial charge in [-0.1, -0.05) is 72.9 Å². The Morgan fingerprint density at radius 2 is 1.56 bits per heavy atom. The number of halogens is 6. The molecule has 14 heteroatoms. The predicted octanol–water partition coefficient (Wildman–Crippen LogP) is 7.19. The summed E-state index contributed by atoms with van der Waals surface area (Å²) in [7, 11) is -4.57. The van der Waals surface area contributed by atoms with Gasteiger partial charge < -0.3 is 10.2 Å². The lowest BCUT2D eigenvalue weighted by molar-refractivity contribution is -0.140. The van der Waals surface area contributed by atoms with Crippen LogP contribution in [0.2, 0.25) is 15.1 Å². The van der Waals surface area contributed by atoms with Gasteiger partial charge in [-0.15, -0.1) is 0 Å². The van der Waals surface area contributed by atoms with Crippen molar-refractivity contribution in [3.8, 4) is 0 Å². The van der Waals surface area contributed by atoms with Crippen molar-refractivity contribution in [2.75, 3.05) is 17.4 Å². The number of alkyl halides is 3. The Balaban J connectivity index is 2.14. The molecular formula is C29H29Cl3F3N3O4S. The highest BCUT2D eigenvalue weighted by Gasteiger charge is 2.37. The number of nitrogens with one attached hydrogen (secondary N) is 1. The van der Waals surface area contributed by atoms with Gasteiger partial charge in [0.05, 0.1) is 31.2 Å². The Labute approximate surface area is 263 Å². The predicted molar refractivity (Wildman–Crippen MR) is 162 cm³/mol. The number of nitrogens with zero attached hydrogens (tertiary/aromatic N) is 2. The fraction of sp³-hybridized carbons (Fsp3) is 0.310. The van der Waals surface area contributed by atoms with Gasteiger partial charge in [-0.3, -0.25) is 13.9 Å². The van der Waals surface area contributed by atoms with Crippen LogP contribution in [0.1, 0.15) is 37.8 Å². The number of carbonyl (C=O) groups excluding carboxylic acids is 2. The van der Waals surface area contributed by atoms with Crippen molar-refractivity contribution in [2.24, 2.45) is 0 Å². The molecule has 3 aromatic carbocycles. The van der Waals surface area contributed by atoms with Crippen LogP contribution in [-0.4, -0.2) is 44.3 Å². The first-order valence-electron chi connectivity index (χ1n) is 13.2. The first-order valence-corrected chi connectivity index (χ1v) is 15.7. The molecule has 0 aromatic heterocycles. The van der Waals surface area contributed by atoms with Gasteiger partial charge in [0, 0.05) is 13.1 Å². The second-order valence-corrected chi connectivity index (χ2v) is 12.6. The van der Waals surface area contributed by atoms with E-state index in [-0.39, 0.29) is 27.9 Å². The third-order valence-corrected chi connectivity index (χ3v) is 9.28. The number of amides is 2. The second-order valence-electron chi connectivity index (χ2n) is 9.47. The van der Waals surface area contributed by atoms with Crippen molar-refractivity contribution in [3.05, 3.63) is 92.9 Å². The van der Waals surface area contributed by atoms with E-state index in [9.17, 15) is 31.2 Å². The van der Waals surface area contributed by atoms with Crippen LogP contribution in [0.5, 0.6) is 0 Å². The highest BCUT2D eigenvalue weighted by Crippen LogP contribution is 2.38. The van der Waals surface area contributed by atoms with Gasteiger partial charge in [0.1, 0.15) is 12.6 Å². The lowest BCUT2D eigenvalue weighted by Crippen LogP contribution is -2.52. The fourth-order valence-corrected chi connectivity index (χ4v) is 6.23. The van der Waals surface area contributed by atoms with Gasteiger partial charge in [-0.25, -0.2) is 8.42 Å². The maximum Gasteiger partial charge on any atom is 0.417 e. The summed E-state index contributed by atoms with van der Waals surface area (Å²) in [6.07, 6.45) is -4.11. The largest absolute Gasteiger partial charge is 0.417 e. The summed E-state index contributed by atoms with van der Waals surface area (Å²) < 4.78 is 69.5. The van der Waals surface area contributed by atoms with Gasteiger partial charge in [0.2, 0.25) is 11.8 Å². The molecule has 0 fully saturated rings. The molecule has 0 heterocycles. The van der Waals surface area contributed by atoms with Crippen molar-refractivity contribution in [1.82, 2.24) is 10.2 Å². The molecule has 0 saturated carbocycles. The summed E-state index contributed by atoms with van der Waals surface area (Å²) in [6, 6.07) is 13.1. The average Bonchev–Trinajstić information content (AvgIpc) is 2.96. The first kappa shape index (κ1) is 34.5. The molecule has 1 N–H and O–H groups in total. The molecule has 0 saturated heterocycles. The fourth-order valence-electron chi connectivity index (χ4n) is 4.25. The van der Waals surface area contributed by atoms with Crippen molar-refractivity contribution in [2.45, 2.75) is 50.3 Å². The minimum absolute atomic E-state index is 0.160. The molecule has 2 amide bonds. The normalized spacial score (nSPS) is 12.5. The summed E-state index contributed by atoms with van der Waals surface area (Å²) in [6.45, 7) is 2.78. The molecule has 3 aromatic rings. The van der Waals surface area contributed by atoms with Crippen LogP contribution in [0.4, 0.5) is 18.9 Å². The van der Waals surface area contributed by atoms with Gasteiger partial charge in [-0.2, -0.15) is 13.2 Å². The minimum Gasteiger partial charge on any atom is -0.354 e. The van der Waals surface area contributed by atoms with E-state index in [0.29, 0.717) is 28.9 Å². The van der Waals surface area contributed by atoms with E-state index in [1.54, 1.807) is 19.1 Å². The number of carbonyl (C=O) groups is 2. The Bertz CT molecular complexity index is 1560. The zero-order valence-electron chi connectivity index (χ0n) is 23.2. The van der Waals surface area contributed by atoms with Crippen LogP contribution in [0, 0.1) is 0 Å². The van der Waals surface area contributed by atoms with Crippen molar-refractivity contribution >= 4 is 62.3 Å². The van der Waals surface area contributed by atoms with Crippen LogP contribution < -0.4 is 9.62 Å². The lowest BCUT2D eigenvalue weighted by atomic mass is 10.1. The maximum atomic E-state index is 14.0. The van der Waals surface area contributed by atoms with Crippen molar-refractivity contribution in [3.63, 3.8) is 0 Å². The quantitative estimate of drug-likeness (QED) is 0.220. The Kier molecular flexibility index (Phi) is 11.8. The van der Waals surface area contributed by atoms with Crippen LogP contribution in [0.3, 0.4) is 0 Å². The molecule has 0 aliphatic rings. The second kappa shape index (κ2) is 14.7. The van der Waals surface area contributed by atoms with E-state index in [0.717, 1.165) is 12.1 Å². The number of anilines is 1.